The van der Waals surface area contributed by atoms with Crippen LogP contribution in [0.25, 0.3) is 0 Å². The summed E-state index contributed by atoms with van der Waals surface area (Å²) >= 11 is 0. The van der Waals surface area contributed by atoms with Crippen molar-refractivity contribution in [1.29, 1.82) is 0 Å². The number of aryl methyl sites for hydroxylation is 1. The van der Waals surface area contributed by atoms with Crippen LogP contribution in [0.1, 0.15) is 29.7 Å². The Morgan fingerprint density at radius 1 is 1.14 bits per heavy atom. The number of benzene rings is 1. The van der Waals surface area contributed by atoms with E-state index < -0.39 is 0 Å². The Hall–Kier alpha value is -2.03. The largest absolute Gasteiger partial charge is 0.488 e. The summed E-state index contributed by atoms with van der Waals surface area (Å²) in [6, 6.07) is 12.2. The molecule has 3 rings (SSSR count). The number of nitrogens with zero attached hydrogens (tertiary/aromatic N) is 1. The van der Waals surface area contributed by atoms with E-state index in [0.717, 1.165) is 19.3 Å². The van der Waals surface area contributed by atoms with Crippen LogP contribution in [0.15, 0.2) is 41.2 Å². The number of hydrogen-bond donors (Lipinski definition) is 0. The number of ether oxygens (including phenoxy) is 1. The van der Waals surface area contributed by atoms with Crippen LogP contribution < -0.4 is 10.3 Å². The number of rotatable bonds is 4. The average Bonchev–Trinajstić information content (AvgIpc) is 2.53. The molecule has 1 aromatic heterocycles. The van der Waals surface area contributed by atoms with Gasteiger partial charge in [0.2, 0.25) is 0 Å². The third-order valence-electron chi connectivity index (χ3n) is 4.20. The van der Waals surface area contributed by atoms with Crippen LogP contribution >= 0.6 is 0 Å². The molecule has 0 radical (unpaired) electrons. The van der Waals surface area contributed by atoms with Gasteiger partial charge in [-0.15, -0.1) is 0 Å². The Bertz CT molecular complexity index is 674. The molecule has 1 aliphatic carbocycles. The molecule has 0 N–H and O–H groups in total. The van der Waals surface area contributed by atoms with Crippen molar-refractivity contribution >= 4 is 0 Å². The van der Waals surface area contributed by atoms with Crippen molar-refractivity contribution in [2.24, 2.45) is 7.05 Å². The summed E-state index contributed by atoms with van der Waals surface area (Å²) in [4.78, 5) is 12.3. The second-order valence-electron chi connectivity index (χ2n) is 5.64. The van der Waals surface area contributed by atoms with Crippen LogP contribution in [0.3, 0.4) is 0 Å². The molecule has 0 spiro atoms. The smallest absolute Gasteiger partial charge is 0.292 e. The molecule has 0 atom stereocenters. The lowest BCUT2D eigenvalue weighted by Crippen LogP contribution is -2.26. The maximum absolute atomic E-state index is 12.3. The molecule has 3 heteroatoms. The van der Waals surface area contributed by atoms with Gasteiger partial charge in [0.25, 0.3) is 5.56 Å². The minimum absolute atomic E-state index is 0.0105. The van der Waals surface area contributed by atoms with Crippen LogP contribution in [0, 0.1) is 0 Å². The molecule has 0 amide bonds. The molecule has 3 nitrogen and oxygen atoms in total. The number of pyridine rings is 1. The predicted octanol–water partition coefficient (Wildman–Crippen LogP) is 2.89. The maximum Gasteiger partial charge on any atom is 0.292 e. The predicted molar refractivity (Wildman–Crippen MR) is 84.0 cm³/mol. The molecule has 1 heterocycles. The topological polar surface area (TPSA) is 31.2 Å². The summed E-state index contributed by atoms with van der Waals surface area (Å²) in [6.07, 6.45) is 5.26. The summed E-state index contributed by atoms with van der Waals surface area (Å²) < 4.78 is 7.52. The number of aromatic nitrogens is 1. The van der Waals surface area contributed by atoms with Gasteiger partial charge in [-0.2, -0.15) is 0 Å². The van der Waals surface area contributed by atoms with Gasteiger partial charge in [-0.1, -0.05) is 30.3 Å². The van der Waals surface area contributed by atoms with E-state index in [4.69, 9.17) is 4.74 Å². The summed E-state index contributed by atoms with van der Waals surface area (Å²) in [5, 5.41) is 0. The van der Waals surface area contributed by atoms with E-state index in [2.05, 4.69) is 12.1 Å². The third kappa shape index (κ3) is 3.02. The second kappa shape index (κ2) is 6.17. The Morgan fingerprint density at radius 3 is 2.71 bits per heavy atom. The molecule has 0 saturated carbocycles. The van der Waals surface area contributed by atoms with Gasteiger partial charge in [0.1, 0.15) is 0 Å². The standard InChI is InChI=1S/C18H21NO2/c1-19-16-10-6-5-9-15(16)13-17(18(19)20)21-12-11-14-7-3-2-4-8-14/h2-4,7-8,13H,5-6,9-12H2,1H3. The van der Waals surface area contributed by atoms with Gasteiger partial charge in [0.15, 0.2) is 5.75 Å². The van der Waals surface area contributed by atoms with Gasteiger partial charge >= 0.3 is 0 Å². The average molecular weight is 283 g/mol. The van der Waals surface area contributed by atoms with E-state index in [1.807, 2.05) is 31.3 Å². The van der Waals surface area contributed by atoms with Gasteiger partial charge in [-0.05, 0) is 42.9 Å². The second-order valence-corrected chi connectivity index (χ2v) is 5.64. The Balaban J connectivity index is 1.74. The molecule has 0 aliphatic heterocycles. The monoisotopic (exact) mass is 283 g/mol. The fourth-order valence-electron chi connectivity index (χ4n) is 2.99. The van der Waals surface area contributed by atoms with Crippen LogP contribution in [0.4, 0.5) is 0 Å². The summed E-state index contributed by atoms with van der Waals surface area (Å²) in [7, 11) is 1.86. The first-order chi connectivity index (χ1) is 10.3. The van der Waals surface area contributed by atoms with Crippen molar-refractivity contribution in [3.05, 3.63) is 63.6 Å². The van der Waals surface area contributed by atoms with Gasteiger partial charge in [-0.3, -0.25) is 4.79 Å². The SMILES string of the molecule is Cn1c2c(cc(OCCc3ccccc3)c1=O)CCCC2. The van der Waals surface area contributed by atoms with E-state index in [9.17, 15) is 4.79 Å². The molecule has 0 saturated heterocycles. The fraction of sp³-hybridized carbons (Fsp3) is 0.389. The molecule has 1 aliphatic rings. The van der Waals surface area contributed by atoms with Crippen LogP contribution in [-0.2, 0) is 26.3 Å². The van der Waals surface area contributed by atoms with Crippen molar-refractivity contribution in [1.82, 2.24) is 4.57 Å². The number of fused-ring (bicyclic) bond motifs is 1. The van der Waals surface area contributed by atoms with Crippen molar-refractivity contribution < 1.29 is 4.74 Å². The van der Waals surface area contributed by atoms with E-state index in [-0.39, 0.29) is 5.56 Å². The first-order valence-electron chi connectivity index (χ1n) is 7.64. The van der Waals surface area contributed by atoms with Crippen molar-refractivity contribution in [3.8, 4) is 5.75 Å². The molecule has 0 bridgehead atoms. The highest BCUT2D eigenvalue weighted by molar-refractivity contribution is 5.32. The Morgan fingerprint density at radius 2 is 1.90 bits per heavy atom. The first kappa shape index (κ1) is 13.9. The summed E-state index contributed by atoms with van der Waals surface area (Å²) in [5.74, 6) is 0.495. The van der Waals surface area contributed by atoms with Gasteiger partial charge < -0.3 is 9.30 Å². The zero-order chi connectivity index (χ0) is 14.7. The zero-order valence-electron chi connectivity index (χ0n) is 12.5. The van der Waals surface area contributed by atoms with Crippen molar-refractivity contribution in [2.75, 3.05) is 6.61 Å². The van der Waals surface area contributed by atoms with Crippen LogP contribution in [0.2, 0.25) is 0 Å². The Kier molecular flexibility index (Phi) is 4.09. The van der Waals surface area contributed by atoms with E-state index in [1.54, 1.807) is 4.57 Å². The van der Waals surface area contributed by atoms with Gasteiger partial charge in [0, 0.05) is 19.2 Å². The molecule has 0 unspecified atom stereocenters. The van der Waals surface area contributed by atoms with Crippen molar-refractivity contribution in [2.45, 2.75) is 32.1 Å². The fourth-order valence-corrected chi connectivity index (χ4v) is 2.99. The molecular formula is C18H21NO2. The van der Waals surface area contributed by atoms with Gasteiger partial charge in [0.05, 0.1) is 6.61 Å². The molecule has 110 valence electrons. The number of hydrogen-bond acceptors (Lipinski definition) is 2. The normalized spacial score (nSPS) is 13.8. The van der Waals surface area contributed by atoms with Crippen molar-refractivity contribution in [3.63, 3.8) is 0 Å². The lowest BCUT2D eigenvalue weighted by atomic mass is 9.95. The first-order valence-corrected chi connectivity index (χ1v) is 7.64. The van der Waals surface area contributed by atoms with Crippen LogP contribution in [-0.4, -0.2) is 11.2 Å². The summed E-state index contributed by atoms with van der Waals surface area (Å²) in [6.45, 7) is 0.540. The maximum atomic E-state index is 12.3. The lowest BCUT2D eigenvalue weighted by Gasteiger charge is -2.20. The van der Waals surface area contributed by atoms with E-state index in [1.165, 1.54) is 29.7 Å². The third-order valence-corrected chi connectivity index (χ3v) is 4.20. The van der Waals surface area contributed by atoms with E-state index >= 15 is 0 Å². The molecule has 1 aromatic carbocycles. The highest BCUT2D eigenvalue weighted by Crippen LogP contribution is 2.22. The Labute approximate surface area is 125 Å². The highest BCUT2D eigenvalue weighted by atomic mass is 16.5. The minimum atomic E-state index is -0.0105. The van der Waals surface area contributed by atoms with Gasteiger partial charge in [-0.25, -0.2) is 0 Å². The molecule has 0 fully saturated rings. The lowest BCUT2D eigenvalue weighted by molar-refractivity contribution is 0.314. The molecular weight excluding hydrogens is 262 g/mol. The quantitative estimate of drug-likeness (QED) is 0.864. The van der Waals surface area contributed by atoms with Crippen LogP contribution in [0.5, 0.6) is 5.75 Å². The molecule has 21 heavy (non-hydrogen) atoms. The minimum Gasteiger partial charge on any atom is -0.488 e. The van der Waals surface area contributed by atoms with E-state index in [0.29, 0.717) is 12.4 Å². The zero-order valence-corrected chi connectivity index (χ0v) is 12.5. The highest BCUT2D eigenvalue weighted by Gasteiger charge is 2.16. The summed E-state index contributed by atoms with van der Waals surface area (Å²) in [5.41, 5.74) is 3.68. The molecule has 2 aromatic rings.